The first kappa shape index (κ1) is 15.0. The highest BCUT2D eigenvalue weighted by Crippen LogP contribution is 2.10. The summed E-state index contributed by atoms with van der Waals surface area (Å²) in [5.74, 6) is 0.112. The first-order chi connectivity index (χ1) is 10.1. The highest BCUT2D eigenvalue weighted by Gasteiger charge is 2.12. The largest absolute Gasteiger partial charge is 0.462 e. The number of hydrogen-bond donors (Lipinski definition) is 1. The number of nitrogens with one attached hydrogen (secondary N) is 1. The predicted octanol–water partition coefficient (Wildman–Crippen LogP) is 2.88. The average molecular weight is 285 g/mol. The van der Waals surface area contributed by atoms with Gasteiger partial charge >= 0.3 is 5.97 Å². The zero-order valence-electron chi connectivity index (χ0n) is 12.5. The molecule has 5 heteroatoms. The van der Waals surface area contributed by atoms with Gasteiger partial charge in [-0.1, -0.05) is 29.8 Å². The molecule has 0 aliphatic rings. The van der Waals surface area contributed by atoms with Gasteiger partial charge in [0, 0.05) is 12.7 Å². The van der Waals surface area contributed by atoms with E-state index in [1.807, 2.05) is 0 Å². The Hall–Kier alpha value is -2.43. The number of aromatic nitrogens is 2. The normalized spacial score (nSPS) is 10.2. The van der Waals surface area contributed by atoms with Crippen LogP contribution in [0.5, 0.6) is 0 Å². The number of nitrogens with zero attached hydrogens (tertiary/aromatic N) is 2. The molecule has 2 aromatic rings. The van der Waals surface area contributed by atoms with Gasteiger partial charge in [0.15, 0.2) is 0 Å². The molecule has 5 nitrogen and oxygen atoms in total. The van der Waals surface area contributed by atoms with E-state index in [1.165, 1.54) is 11.8 Å². The van der Waals surface area contributed by atoms with Crippen LogP contribution in [0.4, 0.5) is 5.95 Å². The first-order valence-electron chi connectivity index (χ1n) is 6.90. The highest BCUT2D eigenvalue weighted by atomic mass is 16.5. The lowest BCUT2D eigenvalue weighted by Crippen LogP contribution is -2.11. The second-order valence-corrected chi connectivity index (χ2v) is 4.75. The van der Waals surface area contributed by atoms with Gasteiger partial charge < -0.3 is 10.1 Å². The Morgan fingerprint density at radius 3 is 2.57 bits per heavy atom. The molecule has 1 heterocycles. The maximum absolute atomic E-state index is 11.7. The van der Waals surface area contributed by atoms with E-state index in [-0.39, 0.29) is 5.97 Å². The standard InChI is InChI=1S/C16H19N3O2/c1-4-21-15(20)14-10-18-16(19-12(14)3)17-9-13-7-5-11(2)6-8-13/h5-8,10H,4,9H2,1-3H3,(H,17,18,19). The summed E-state index contributed by atoms with van der Waals surface area (Å²) in [6.07, 6.45) is 1.50. The molecule has 0 fully saturated rings. The molecule has 0 unspecified atom stereocenters. The maximum atomic E-state index is 11.7. The van der Waals surface area contributed by atoms with Crippen molar-refractivity contribution in [2.45, 2.75) is 27.3 Å². The first-order valence-corrected chi connectivity index (χ1v) is 6.90. The Bertz CT molecular complexity index is 624. The Kier molecular flexibility index (Phi) is 4.87. The van der Waals surface area contributed by atoms with Crippen LogP contribution in [0.1, 0.15) is 34.1 Å². The monoisotopic (exact) mass is 285 g/mol. The molecule has 0 amide bonds. The number of carbonyl (C=O) groups is 1. The van der Waals surface area contributed by atoms with Crippen LogP contribution < -0.4 is 5.32 Å². The van der Waals surface area contributed by atoms with Gasteiger partial charge in [-0.15, -0.1) is 0 Å². The minimum atomic E-state index is -0.389. The fraction of sp³-hybridized carbons (Fsp3) is 0.312. The van der Waals surface area contributed by atoms with E-state index in [0.717, 1.165) is 5.56 Å². The Morgan fingerprint density at radius 1 is 1.24 bits per heavy atom. The van der Waals surface area contributed by atoms with Gasteiger partial charge in [0.25, 0.3) is 0 Å². The van der Waals surface area contributed by atoms with Crippen molar-refractivity contribution >= 4 is 11.9 Å². The number of hydrogen-bond acceptors (Lipinski definition) is 5. The van der Waals surface area contributed by atoms with Crippen LogP contribution in [0.25, 0.3) is 0 Å². The average Bonchev–Trinajstić information content (AvgIpc) is 2.47. The zero-order valence-corrected chi connectivity index (χ0v) is 12.5. The molecule has 0 radical (unpaired) electrons. The van der Waals surface area contributed by atoms with Crippen LogP contribution in [-0.4, -0.2) is 22.5 Å². The molecular weight excluding hydrogens is 266 g/mol. The molecule has 1 N–H and O–H groups in total. The summed E-state index contributed by atoms with van der Waals surface area (Å²) in [5.41, 5.74) is 3.38. The molecule has 2 rings (SSSR count). The van der Waals surface area contributed by atoms with Crippen LogP contribution in [0, 0.1) is 13.8 Å². The summed E-state index contributed by atoms with van der Waals surface area (Å²) in [7, 11) is 0. The molecular formula is C16H19N3O2. The Labute approximate surface area is 124 Å². The fourth-order valence-corrected chi connectivity index (χ4v) is 1.85. The summed E-state index contributed by atoms with van der Waals surface area (Å²) < 4.78 is 4.95. The van der Waals surface area contributed by atoms with Crippen molar-refractivity contribution in [3.05, 3.63) is 52.8 Å². The number of benzene rings is 1. The summed E-state index contributed by atoms with van der Waals surface area (Å²) in [5, 5.41) is 3.15. The van der Waals surface area contributed by atoms with Crippen LogP contribution in [0.2, 0.25) is 0 Å². The molecule has 0 spiro atoms. The fourth-order valence-electron chi connectivity index (χ4n) is 1.85. The molecule has 21 heavy (non-hydrogen) atoms. The van der Waals surface area contributed by atoms with E-state index in [2.05, 4.69) is 46.5 Å². The van der Waals surface area contributed by atoms with Gasteiger partial charge in [-0.25, -0.2) is 14.8 Å². The van der Waals surface area contributed by atoms with E-state index in [4.69, 9.17) is 4.74 Å². The Morgan fingerprint density at radius 2 is 1.95 bits per heavy atom. The quantitative estimate of drug-likeness (QED) is 0.856. The minimum Gasteiger partial charge on any atom is -0.462 e. The van der Waals surface area contributed by atoms with Crippen molar-refractivity contribution in [3.63, 3.8) is 0 Å². The van der Waals surface area contributed by atoms with E-state index in [9.17, 15) is 4.79 Å². The van der Waals surface area contributed by atoms with Crippen LogP contribution in [0.15, 0.2) is 30.5 Å². The van der Waals surface area contributed by atoms with Crippen molar-refractivity contribution in [2.24, 2.45) is 0 Å². The molecule has 1 aromatic carbocycles. The lowest BCUT2D eigenvalue weighted by Gasteiger charge is -2.08. The van der Waals surface area contributed by atoms with Crippen molar-refractivity contribution in [2.75, 3.05) is 11.9 Å². The van der Waals surface area contributed by atoms with Crippen LogP contribution in [0.3, 0.4) is 0 Å². The van der Waals surface area contributed by atoms with Gasteiger partial charge in [0.1, 0.15) is 0 Å². The summed E-state index contributed by atoms with van der Waals surface area (Å²) in [6.45, 7) is 6.57. The smallest absolute Gasteiger partial charge is 0.341 e. The van der Waals surface area contributed by atoms with Crippen molar-refractivity contribution in [1.82, 2.24) is 9.97 Å². The van der Waals surface area contributed by atoms with Crippen LogP contribution in [-0.2, 0) is 11.3 Å². The van der Waals surface area contributed by atoms with Crippen molar-refractivity contribution < 1.29 is 9.53 Å². The lowest BCUT2D eigenvalue weighted by molar-refractivity contribution is 0.0524. The second kappa shape index (κ2) is 6.83. The SMILES string of the molecule is CCOC(=O)c1cnc(NCc2ccc(C)cc2)nc1C. The summed E-state index contributed by atoms with van der Waals surface area (Å²) in [4.78, 5) is 20.1. The maximum Gasteiger partial charge on any atom is 0.341 e. The Balaban J connectivity index is 2.03. The molecule has 0 saturated carbocycles. The zero-order chi connectivity index (χ0) is 15.2. The minimum absolute atomic E-state index is 0.339. The van der Waals surface area contributed by atoms with Gasteiger partial charge in [0.05, 0.1) is 17.9 Å². The molecule has 0 saturated heterocycles. The molecule has 0 aliphatic carbocycles. The van der Waals surface area contributed by atoms with E-state index >= 15 is 0 Å². The van der Waals surface area contributed by atoms with E-state index < -0.39 is 0 Å². The molecule has 0 atom stereocenters. The molecule has 1 aromatic heterocycles. The third kappa shape index (κ3) is 4.02. The topological polar surface area (TPSA) is 64.1 Å². The number of esters is 1. The third-order valence-corrected chi connectivity index (χ3v) is 3.05. The molecule has 110 valence electrons. The molecule has 0 bridgehead atoms. The lowest BCUT2D eigenvalue weighted by atomic mass is 10.1. The number of anilines is 1. The summed E-state index contributed by atoms with van der Waals surface area (Å²) in [6, 6.07) is 8.24. The summed E-state index contributed by atoms with van der Waals surface area (Å²) >= 11 is 0. The number of ether oxygens (including phenoxy) is 1. The highest BCUT2D eigenvalue weighted by molar-refractivity contribution is 5.90. The number of carbonyl (C=O) groups excluding carboxylic acids is 1. The molecule has 0 aliphatic heterocycles. The number of rotatable bonds is 5. The third-order valence-electron chi connectivity index (χ3n) is 3.05. The van der Waals surface area contributed by atoms with Gasteiger partial charge in [-0.2, -0.15) is 0 Å². The van der Waals surface area contributed by atoms with Gasteiger partial charge in [0.2, 0.25) is 5.95 Å². The van der Waals surface area contributed by atoms with Crippen molar-refractivity contribution in [1.29, 1.82) is 0 Å². The van der Waals surface area contributed by atoms with Gasteiger partial charge in [-0.05, 0) is 26.3 Å². The number of aryl methyl sites for hydroxylation is 2. The van der Waals surface area contributed by atoms with Crippen LogP contribution >= 0.6 is 0 Å². The van der Waals surface area contributed by atoms with E-state index in [1.54, 1.807) is 13.8 Å². The van der Waals surface area contributed by atoms with Crippen molar-refractivity contribution in [3.8, 4) is 0 Å². The second-order valence-electron chi connectivity index (χ2n) is 4.75. The van der Waals surface area contributed by atoms with Gasteiger partial charge in [-0.3, -0.25) is 0 Å². The van der Waals surface area contributed by atoms with E-state index in [0.29, 0.717) is 30.4 Å². The predicted molar refractivity (Wildman–Crippen MR) is 81.2 cm³/mol.